The highest BCUT2D eigenvalue weighted by atomic mass is 31.2. The van der Waals surface area contributed by atoms with Crippen molar-refractivity contribution in [1.29, 1.82) is 0 Å². The van der Waals surface area contributed by atoms with E-state index < -0.39 is 7.82 Å². The number of benzene rings is 1. The highest BCUT2D eigenvalue weighted by Gasteiger charge is 2.25. The van der Waals surface area contributed by atoms with Crippen molar-refractivity contribution in [2.75, 3.05) is 33.9 Å². The highest BCUT2D eigenvalue weighted by molar-refractivity contribution is 7.48. The number of hydrogen-bond donors (Lipinski definition) is 0. The van der Waals surface area contributed by atoms with Crippen molar-refractivity contribution < 1.29 is 18.1 Å². The van der Waals surface area contributed by atoms with E-state index in [4.69, 9.17) is 13.6 Å². The average molecular weight is 368 g/mol. The van der Waals surface area contributed by atoms with E-state index in [9.17, 15) is 4.57 Å². The first kappa shape index (κ1) is 20.1. The van der Waals surface area contributed by atoms with E-state index in [0.29, 0.717) is 0 Å². The van der Waals surface area contributed by atoms with Crippen molar-refractivity contribution >= 4 is 18.7 Å². The van der Waals surface area contributed by atoms with Crippen LogP contribution in [-0.4, -0.2) is 43.3 Å². The Balaban J connectivity index is 2.26. The van der Waals surface area contributed by atoms with Crippen LogP contribution in [0.25, 0.3) is 10.9 Å². The Bertz CT molecular complexity index is 732. The predicted octanol–water partition coefficient (Wildman–Crippen LogP) is 4.21. The van der Waals surface area contributed by atoms with Gasteiger partial charge in [0, 0.05) is 18.1 Å². The van der Waals surface area contributed by atoms with Gasteiger partial charge in [0.05, 0.1) is 18.7 Å². The van der Waals surface area contributed by atoms with Gasteiger partial charge in [0.15, 0.2) is 0 Å². The van der Waals surface area contributed by atoms with E-state index in [1.807, 2.05) is 4.57 Å². The number of likely N-dealkylation sites (N-methyl/N-ethyl adjacent to an activating group) is 1. The van der Waals surface area contributed by atoms with Crippen LogP contribution < -0.4 is 0 Å². The SMILES string of the molecule is CCOP(=O)(OCC)OCn1cc(CCN(C)C)c2cc(C)ccc21. The maximum atomic E-state index is 12.5. The number of nitrogens with zero attached hydrogens (tertiary/aromatic N) is 2. The van der Waals surface area contributed by atoms with Crippen LogP contribution in [0.5, 0.6) is 0 Å². The molecule has 0 fully saturated rings. The lowest BCUT2D eigenvalue weighted by Crippen LogP contribution is -2.14. The van der Waals surface area contributed by atoms with Gasteiger partial charge < -0.3 is 9.47 Å². The van der Waals surface area contributed by atoms with Gasteiger partial charge in [-0.1, -0.05) is 11.6 Å². The van der Waals surface area contributed by atoms with Crippen LogP contribution in [-0.2, 0) is 31.3 Å². The Labute approximate surface area is 150 Å². The lowest BCUT2D eigenvalue weighted by molar-refractivity contribution is 0.0978. The van der Waals surface area contributed by atoms with Gasteiger partial charge in [0.25, 0.3) is 0 Å². The van der Waals surface area contributed by atoms with Crippen LogP contribution in [0, 0.1) is 6.92 Å². The molecular weight excluding hydrogens is 339 g/mol. The Morgan fingerprint density at radius 1 is 1.12 bits per heavy atom. The van der Waals surface area contributed by atoms with Gasteiger partial charge in [-0.25, -0.2) is 4.57 Å². The Morgan fingerprint density at radius 2 is 1.80 bits per heavy atom. The molecule has 2 aromatic rings. The molecule has 0 atom stereocenters. The van der Waals surface area contributed by atoms with Crippen molar-refractivity contribution in [3.8, 4) is 0 Å². The fraction of sp³-hybridized carbons (Fsp3) is 0.556. The summed E-state index contributed by atoms with van der Waals surface area (Å²) in [6.07, 6.45) is 3.00. The first-order valence-corrected chi connectivity index (χ1v) is 10.1. The monoisotopic (exact) mass is 368 g/mol. The molecule has 0 aliphatic carbocycles. The summed E-state index contributed by atoms with van der Waals surface area (Å²) in [5.74, 6) is 0. The molecule has 0 unspecified atom stereocenters. The molecule has 0 saturated carbocycles. The van der Waals surface area contributed by atoms with Crippen molar-refractivity contribution in [2.24, 2.45) is 0 Å². The van der Waals surface area contributed by atoms with Crippen LogP contribution in [0.2, 0.25) is 0 Å². The van der Waals surface area contributed by atoms with Crippen LogP contribution in [0.3, 0.4) is 0 Å². The minimum atomic E-state index is -3.52. The summed E-state index contributed by atoms with van der Waals surface area (Å²) in [7, 11) is 0.604. The maximum Gasteiger partial charge on any atom is 0.476 e. The molecule has 0 N–H and O–H groups in total. The summed E-state index contributed by atoms with van der Waals surface area (Å²) < 4.78 is 30.4. The molecule has 0 aliphatic rings. The minimum absolute atomic E-state index is 0.124. The second-order valence-electron chi connectivity index (χ2n) is 6.24. The molecule has 0 aliphatic heterocycles. The van der Waals surface area contributed by atoms with Gasteiger partial charge in [-0.2, -0.15) is 0 Å². The lowest BCUT2D eigenvalue weighted by Gasteiger charge is -2.17. The van der Waals surface area contributed by atoms with Crippen molar-refractivity contribution in [3.63, 3.8) is 0 Å². The van der Waals surface area contributed by atoms with Gasteiger partial charge in [-0.3, -0.25) is 13.6 Å². The van der Waals surface area contributed by atoms with E-state index in [1.54, 1.807) is 13.8 Å². The molecule has 2 rings (SSSR count). The number of aromatic nitrogens is 1. The molecule has 140 valence electrons. The van der Waals surface area contributed by atoms with E-state index >= 15 is 0 Å². The van der Waals surface area contributed by atoms with Gasteiger partial charge >= 0.3 is 7.82 Å². The zero-order valence-electron chi connectivity index (χ0n) is 15.8. The van der Waals surface area contributed by atoms with Crippen molar-refractivity contribution in [3.05, 3.63) is 35.5 Å². The summed E-state index contributed by atoms with van der Waals surface area (Å²) in [5.41, 5.74) is 3.52. The maximum absolute atomic E-state index is 12.5. The fourth-order valence-corrected chi connectivity index (χ4v) is 3.82. The predicted molar refractivity (Wildman–Crippen MR) is 101 cm³/mol. The van der Waals surface area contributed by atoms with Gasteiger partial charge in [0.1, 0.15) is 6.73 Å². The zero-order chi connectivity index (χ0) is 18.4. The lowest BCUT2D eigenvalue weighted by atomic mass is 10.1. The standard InChI is InChI=1S/C18H29N2O4P/c1-6-22-25(21,23-7-2)24-14-20-13-16(10-11-19(4)5)17-12-15(3)8-9-18(17)20/h8-9,12-13H,6-7,10-11,14H2,1-5H3. The number of aryl methyl sites for hydroxylation is 1. The van der Waals surface area contributed by atoms with Crippen LogP contribution >= 0.6 is 7.82 Å². The smallest absolute Gasteiger partial charge is 0.323 e. The van der Waals surface area contributed by atoms with Crippen molar-refractivity contribution in [1.82, 2.24) is 9.47 Å². The first-order valence-electron chi connectivity index (χ1n) is 8.65. The van der Waals surface area contributed by atoms with E-state index in [-0.39, 0.29) is 19.9 Å². The molecule has 0 bridgehead atoms. The molecule has 25 heavy (non-hydrogen) atoms. The third-order valence-corrected chi connectivity index (χ3v) is 5.46. The first-order chi connectivity index (χ1) is 11.9. The Morgan fingerprint density at radius 3 is 2.40 bits per heavy atom. The second kappa shape index (κ2) is 8.97. The molecule has 7 heteroatoms. The van der Waals surface area contributed by atoms with E-state index in [1.165, 1.54) is 16.5 Å². The Hall–Kier alpha value is -1.17. The van der Waals surface area contributed by atoms with Gasteiger partial charge in [-0.05, 0) is 59.0 Å². The molecule has 1 aromatic carbocycles. The summed E-state index contributed by atoms with van der Waals surface area (Å²) in [6.45, 7) is 7.25. The summed E-state index contributed by atoms with van der Waals surface area (Å²) in [5, 5.41) is 1.20. The fourth-order valence-electron chi connectivity index (χ4n) is 2.70. The number of phosphoric ester groups is 1. The quantitative estimate of drug-likeness (QED) is 0.588. The van der Waals surface area contributed by atoms with Crippen molar-refractivity contribution in [2.45, 2.75) is 33.9 Å². The molecule has 0 radical (unpaired) electrons. The number of fused-ring (bicyclic) bond motifs is 1. The summed E-state index contributed by atoms with van der Waals surface area (Å²) in [4.78, 5) is 2.16. The highest BCUT2D eigenvalue weighted by Crippen LogP contribution is 2.49. The number of phosphoric acid groups is 1. The largest absolute Gasteiger partial charge is 0.476 e. The summed E-state index contributed by atoms with van der Waals surface area (Å²) in [6, 6.07) is 6.32. The van der Waals surface area contributed by atoms with E-state index in [0.717, 1.165) is 18.5 Å². The molecule has 0 spiro atoms. The molecule has 0 saturated heterocycles. The molecule has 6 nitrogen and oxygen atoms in total. The average Bonchev–Trinajstić information content (AvgIpc) is 2.89. The van der Waals surface area contributed by atoms with Crippen LogP contribution in [0.4, 0.5) is 0 Å². The summed E-state index contributed by atoms with van der Waals surface area (Å²) >= 11 is 0. The van der Waals surface area contributed by atoms with E-state index in [2.05, 4.69) is 50.3 Å². The van der Waals surface area contributed by atoms with Gasteiger partial charge in [-0.15, -0.1) is 0 Å². The minimum Gasteiger partial charge on any atom is -0.323 e. The normalized spacial score (nSPS) is 12.4. The topological polar surface area (TPSA) is 52.9 Å². The number of hydrogen-bond acceptors (Lipinski definition) is 5. The Kier molecular flexibility index (Phi) is 7.23. The van der Waals surface area contributed by atoms with Crippen LogP contribution in [0.15, 0.2) is 24.4 Å². The number of rotatable bonds is 10. The second-order valence-corrected chi connectivity index (χ2v) is 7.91. The zero-order valence-corrected chi connectivity index (χ0v) is 16.7. The molecule has 1 aromatic heterocycles. The third-order valence-electron chi connectivity index (χ3n) is 3.88. The molecule has 1 heterocycles. The third kappa shape index (κ3) is 5.40. The van der Waals surface area contributed by atoms with Gasteiger partial charge in [0.2, 0.25) is 0 Å². The molecular formula is C18H29N2O4P. The molecule has 0 amide bonds. The van der Waals surface area contributed by atoms with Crippen LogP contribution in [0.1, 0.15) is 25.0 Å².